The monoisotopic (exact) mass is 343 g/mol. The zero-order valence-electron chi connectivity index (χ0n) is 14.1. The lowest BCUT2D eigenvalue weighted by Gasteiger charge is -2.16. The molecule has 0 aliphatic carbocycles. The van der Waals surface area contributed by atoms with Crippen LogP contribution in [0.4, 0.5) is 11.6 Å². The number of anilines is 2. The molecule has 8 heteroatoms. The van der Waals surface area contributed by atoms with Crippen molar-refractivity contribution in [3.8, 4) is 0 Å². The molecule has 1 aliphatic rings. The summed E-state index contributed by atoms with van der Waals surface area (Å²) >= 11 is 0. The largest absolute Gasteiger partial charge is 0.382 e. The molecule has 0 spiro atoms. The summed E-state index contributed by atoms with van der Waals surface area (Å²) in [6.45, 7) is 4.65. The summed E-state index contributed by atoms with van der Waals surface area (Å²) < 4.78 is 6.70. The van der Waals surface area contributed by atoms with E-state index >= 15 is 0 Å². The van der Waals surface area contributed by atoms with Crippen molar-refractivity contribution < 1.29 is 9.53 Å². The average molecular weight is 343 g/mol. The number of amides is 1. The molecule has 3 rings (SSSR count). The molecule has 1 aromatic heterocycles. The number of hydrogen-bond donors (Lipinski definition) is 1. The number of benzene rings is 1. The highest BCUT2D eigenvalue weighted by atomic mass is 16.5. The summed E-state index contributed by atoms with van der Waals surface area (Å²) in [5, 5.41) is 10.7. The highest BCUT2D eigenvalue weighted by Gasteiger charge is 2.26. The molecule has 132 valence electrons. The molecule has 1 N–H and O–H groups in total. The second-order valence-corrected chi connectivity index (χ2v) is 5.60. The molecule has 2 heterocycles. The molecule has 1 amide bonds. The lowest BCUT2D eigenvalue weighted by molar-refractivity contribution is 0.0936. The fourth-order valence-electron chi connectivity index (χ4n) is 2.71. The van der Waals surface area contributed by atoms with Gasteiger partial charge in [0.05, 0.1) is 0 Å². The first-order chi connectivity index (χ1) is 12.2. The SMILES string of the molecule is CCOCCCNC(=O)c1nnc2n(c1=O)CCN2c1ccccc1. The number of aromatic nitrogens is 3. The molecular weight excluding hydrogens is 322 g/mol. The van der Waals surface area contributed by atoms with Gasteiger partial charge in [-0.1, -0.05) is 18.2 Å². The number of nitrogens with zero attached hydrogens (tertiary/aromatic N) is 4. The van der Waals surface area contributed by atoms with Crippen LogP contribution >= 0.6 is 0 Å². The first kappa shape index (κ1) is 17.1. The molecule has 0 saturated heterocycles. The van der Waals surface area contributed by atoms with E-state index in [-0.39, 0.29) is 5.69 Å². The Balaban J connectivity index is 1.73. The fraction of sp³-hybridized carbons (Fsp3) is 0.412. The minimum atomic E-state index is -0.498. The van der Waals surface area contributed by atoms with Crippen LogP contribution in [0.1, 0.15) is 23.8 Å². The lowest BCUT2D eigenvalue weighted by atomic mass is 10.3. The Morgan fingerprint density at radius 1 is 1.24 bits per heavy atom. The second kappa shape index (κ2) is 7.89. The molecule has 25 heavy (non-hydrogen) atoms. The van der Waals surface area contributed by atoms with Crippen molar-refractivity contribution in [2.45, 2.75) is 19.9 Å². The van der Waals surface area contributed by atoms with Crippen molar-refractivity contribution in [2.75, 3.05) is 31.2 Å². The van der Waals surface area contributed by atoms with Gasteiger partial charge in [0.15, 0.2) is 0 Å². The number of para-hydroxylation sites is 1. The van der Waals surface area contributed by atoms with Gasteiger partial charge in [-0.15, -0.1) is 10.2 Å². The Bertz CT molecular complexity index is 791. The van der Waals surface area contributed by atoms with E-state index in [0.29, 0.717) is 45.2 Å². The molecule has 8 nitrogen and oxygen atoms in total. The first-order valence-electron chi connectivity index (χ1n) is 8.38. The van der Waals surface area contributed by atoms with Crippen LogP contribution in [0.5, 0.6) is 0 Å². The quantitative estimate of drug-likeness (QED) is 0.753. The van der Waals surface area contributed by atoms with Crippen LogP contribution in [-0.2, 0) is 11.3 Å². The molecule has 0 fully saturated rings. The maximum absolute atomic E-state index is 12.6. The van der Waals surface area contributed by atoms with E-state index in [9.17, 15) is 9.59 Å². The minimum absolute atomic E-state index is 0.171. The van der Waals surface area contributed by atoms with Gasteiger partial charge in [-0.05, 0) is 25.5 Å². The Labute approximate surface area is 145 Å². The van der Waals surface area contributed by atoms with Crippen LogP contribution in [0.3, 0.4) is 0 Å². The van der Waals surface area contributed by atoms with Crippen LogP contribution in [0.15, 0.2) is 35.1 Å². The van der Waals surface area contributed by atoms with E-state index in [1.807, 2.05) is 42.2 Å². The van der Waals surface area contributed by atoms with E-state index in [1.54, 1.807) is 0 Å². The number of carbonyl (C=O) groups excluding carboxylic acids is 1. The molecule has 1 aliphatic heterocycles. The highest BCUT2D eigenvalue weighted by Crippen LogP contribution is 2.25. The topological polar surface area (TPSA) is 89.3 Å². The van der Waals surface area contributed by atoms with Gasteiger partial charge in [0.2, 0.25) is 11.6 Å². The number of fused-ring (bicyclic) bond motifs is 1. The summed E-state index contributed by atoms with van der Waals surface area (Å²) in [5.74, 6) is -0.0356. The Morgan fingerprint density at radius 2 is 2.04 bits per heavy atom. The van der Waals surface area contributed by atoms with Gasteiger partial charge in [-0.3, -0.25) is 14.2 Å². The summed E-state index contributed by atoms with van der Waals surface area (Å²) in [5.41, 5.74) is 0.358. The van der Waals surface area contributed by atoms with E-state index in [2.05, 4.69) is 15.5 Å². The van der Waals surface area contributed by atoms with Crippen molar-refractivity contribution in [2.24, 2.45) is 0 Å². The molecule has 0 atom stereocenters. The molecule has 0 bridgehead atoms. The lowest BCUT2D eigenvalue weighted by Crippen LogP contribution is -2.35. The average Bonchev–Trinajstić information content (AvgIpc) is 3.07. The molecule has 0 saturated carbocycles. The number of hydrogen-bond acceptors (Lipinski definition) is 6. The zero-order valence-corrected chi connectivity index (χ0v) is 14.1. The maximum Gasteiger partial charge on any atom is 0.286 e. The van der Waals surface area contributed by atoms with E-state index in [4.69, 9.17) is 4.74 Å². The normalized spacial score (nSPS) is 12.9. The van der Waals surface area contributed by atoms with Crippen LogP contribution in [0.25, 0.3) is 0 Å². The number of nitrogens with one attached hydrogen (secondary N) is 1. The van der Waals surface area contributed by atoms with Crippen LogP contribution in [-0.4, -0.2) is 47.0 Å². The second-order valence-electron chi connectivity index (χ2n) is 5.60. The fourth-order valence-corrected chi connectivity index (χ4v) is 2.71. The van der Waals surface area contributed by atoms with Gasteiger partial charge in [-0.2, -0.15) is 0 Å². The van der Waals surface area contributed by atoms with Gasteiger partial charge in [0, 0.05) is 38.5 Å². The van der Waals surface area contributed by atoms with Crippen molar-refractivity contribution >= 4 is 17.5 Å². The molecule has 0 unspecified atom stereocenters. The smallest absolute Gasteiger partial charge is 0.286 e. The standard InChI is InChI=1S/C17H21N5O3/c1-2-25-12-6-9-18-15(23)14-16(24)22-11-10-21(17(22)20-19-14)13-7-4-3-5-8-13/h3-5,7-8H,2,6,9-12H2,1H3,(H,18,23). The number of ether oxygens (including phenoxy) is 1. The third kappa shape index (κ3) is 3.69. The van der Waals surface area contributed by atoms with Crippen molar-refractivity contribution in [3.05, 3.63) is 46.4 Å². The third-order valence-corrected chi connectivity index (χ3v) is 3.96. The predicted molar refractivity (Wildman–Crippen MR) is 93.2 cm³/mol. The van der Waals surface area contributed by atoms with Gasteiger partial charge in [0.25, 0.3) is 11.5 Å². The van der Waals surface area contributed by atoms with Crippen molar-refractivity contribution in [3.63, 3.8) is 0 Å². The third-order valence-electron chi connectivity index (χ3n) is 3.96. The molecular formula is C17H21N5O3. The summed E-state index contributed by atoms with van der Waals surface area (Å²) in [4.78, 5) is 26.6. The highest BCUT2D eigenvalue weighted by molar-refractivity contribution is 5.91. The van der Waals surface area contributed by atoms with Gasteiger partial charge < -0.3 is 15.0 Å². The summed E-state index contributed by atoms with van der Waals surface area (Å²) in [6, 6.07) is 9.67. The van der Waals surface area contributed by atoms with Crippen LogP contribution in [0.2, 0.25) is 0 Å². The van der Waals surface area contributed by atoms with Crippen molar-refractivity contribution in [1.29, 1.82) is 0 Å². The van der Waals surface area contributed by atoms with Crippen molar-refractivity contribution in [1.82, 2.24) is 20.1 Å². The Morgan fingerprint density at radius 3 is 2.80 bits per heavy atom. The minimum Gasteiger partial charge on any atom is -0.382 e. The molecule has 2 aromatic rings. The van der Waals surface area contributed by atoms with Gasteiger partial charge >= 0.3 is 0 Å². The van der Waals surface area contributed by atoms with Crippen LogP contribution in [0, 0.1) is 0 Å². The van der Waals surface area contributed by atoms with Gasteiger partial charge in [0.1, 0.15) is 0 Å². The number of carbonyl (C=O) groups is 1. The Hall–Kier alpha value is -2.74. The zero-order chi connectivity index (χ0) is 17.6. The van der Waals surface area contributed by atoms with E-state index in [1.165, 1.54) is 4.57 Å². The van der Waals surface area contributed by atoms with Crippen LogP contribution < -0.4 is 15.8 Å². The Kier molecular flexibility index (Phi) is 5.39. The van der Waals surface area contributed by atoms with E-state index in [0.717, 1.165) is 5.69 Å². The summed E-state index contributed by atoms with van der Waals surface area (Å²) in [6.07, 6.45) is 0.682. The number of rotatable bonds is 7. The van der Waals surface area contributed by atoms with Gasteiger partial charge in [-0.25, -0.2) is 0 Å². The van der Waals surface area contributed by atoms with E-state index < -0.39 is 11.5 Å². The maximum atomic E-state index is 12.6. The predicted octanol–water partition coefficient (Wildman–Crippen LogP) is 0.946. The first-order valence-corrected chi connectivity index (χ1v) is 8.38. The molecule has 1 aromatic carbocycles. The molecule has 0 radical (unpaired) electrons. The summed E-state index contributed by atoms with van der Waals surface area (Å²) in [7, 11) is 0.